The Bertz CT molecular complexity index is 171. The van der Waals surface area contributed by atoms with Gasteiger partial charge in [-0.25, -0.2) is 0 Å². The molecule has 6 heteroatoms. The van der Waals surface area contributed by atoms with E-state index in [4.69, 9.17) is 15.9 Å². The number of carbonyl (C=O) groups excluding carboxylic acids is 1. The molecule has 0 aromatic rings. The molecule has 0 saturated heterocycles. The fraction of sp³-hybridized carbons (Fsp3) is 0.667. The van der Waals surface area contributed by atoms with Crippen molar-refractivity contribution in [3.63, 3.8) is 0 Å². The minimum absolute atomic E-state index is 0.0894. The number of carbonyl (C=O) groups is 2. The lowest BCUT2D eigenvalue weighted by molar-refractivity contribution is -0.139. The molecule has 12 heavy (non-hydrogen) atoms. The van der Waals surface area contributed by atoms with Crippen LogP contribution in [-0.4, -0.2) is 41.3 Å². The summed E-state index contributed by atoms with van der Waals surface area (Å²) < 4.78 is 0. The van der Waals surface area contributed by atoms with Crippen molar-refractivity contribution in [2.24, 2.45) is 5.73 Å². The second kappa shape index (κ2) is 5.50. The van der Waals surface area contributed by atoms with Crippen molar-refractivity contribution in [1.82, 2.24) is 5.32 Å². The molecule has 0 rings (SSSR count). The van der Waals surface area contributed by atoms with Gasteiger partial charge in [-0.15, -0.1) is 0 Å². The van der Waals surface area contributed by atoms with E-state index in [-0.39, 0.29) is 13.2 Å². The van der Waals surface area contributed by atoms with Crippen molar-refractivity contribution < 1.29 is 19.8 Å². The number of carboxylic acids is 1. The Morgan fingerprint density at radius 3 is 2.50 bits per heavy atom. The van der Waals surface area contributed by atoms with Crippen LogP contribution in [0.2, 0.25) is 0 Å². The molecule has 0 radical (unpaired) electrons. The first-order valence-corrected chi connectivity index (χ1v) is 3.44. The van der Waals surface area contributed by atoms with Gasteiger partial charge in [-0.2, -0.15) is 0 Å². The van der Waals surface area contributed by atoms with Crippen LogP contribution in [0, 0.1) is 0 Å². The lowest BCUT2D eigenvalue weighted by atomic mass is 10.2. The van der Waals surface area contributed by atoms with E-state index in [2.05, 4.69) is 5.32 Å². The molecule has 0 aliphatic carbocycles. The first-order chi connectivity index (χ1) is 5.57. The minimum atomic E-state index is -1.12. The Morgan fingerprint density at radius 2 is 2.08 bits per heavy atom. The quantitative estimate of drug-likeness (QED) is 0.383. The highest BCUT2D eigenvalue weighted by Gasteiger charge is 2.15. The maximum absolute atomic E-state index is 10.8. The van der Waals surface area contributed by atoms with E-state index in [1.807, 2.05) is 0 Å². The molecule has 0 spiro atoms. The van der Waals surface area contributed by atoms with Gasteiger partial charge in [0.25, 0.3) is 0 Å². The number of aliphatic hydroxyl groups is 1. The number of nitrogens with one attached hydrogen (secondary N) is 1. The Morgan fingerprint density at radius 1 is 1.50 bits per heavy atom. The van der Waals surface area contributed by atoms with Crippen LogP contribution < -0.4 is 11.1 Å². The predicted octanol–water partition coefficient (Wildman–Crippen LogP) is -2.10. The van der Waals surface area contributed by atoms with Crippen molar-refractivity contribution in [2.45, 2.75) is 12.5 Å². The van der Waals surface area contributed by atoms with Gasteiger partial charge >= 0.3 is 5.97 Å². The zero-order valence-corrected chi connectivity index (χ0v) is 6.49. The minimum Gasteiger partial charge on any atom is -0.481 e. The van der Waals surface area contributed by atoms with Gasteiger partial charge in [0.05, 0.1) is 19.1 Å². The maximum atomic E-state index is 10.8. The Hall–Kier alpha value is -1.14. The number of rotatable bonds is 5. The van der Waals surface area contributed by atoms with Crippen LogP contribution in [0.15, 0.2) is 0 Å². The number of aliphatic hydroxyl groups excluding tert-OH is 1. The summed E-state index contributed by atoms with van der Waals surface area (Å²) in [5.41, 5.74) is 5.18. The summed E-state index contributed by atoms with van der Waals surface area (Å²) in [6, 6.07) is -1.05. The molecule has 0 saturated carbocycles. The molecule has 0 unspecified atom stereocenters. The Kier molecular flexibility index (Phi) is 4.98. The topological polar surface area (TPSA) is 113 Å². The fourth-order valence-electron chi connectivity index (χ4n) is 0.591. The third-order valence-electron chi connectivity index (χ3n) is 1.14. The smallest absolute Gasteiger partial charge is 0.305 e. The Labute approximate surface area is 69.4 Å². The predicted molar refractivity (Wildman–Crippen MR) is 40.3 cm³/mol. The average molecular weight is 176 g/mol. The summed E-state index contributed by atoms with van der Waals surface area (Å²) in [5.74, 6) is -1.69. The summed E-state index contributed by atoms with van der Waals surface area (Å²) in [6.45, 7) is -0.0995. The van der Waals surface area contributed by atoms with Gasteiger partial charge in [0.15, 0.2) is 0 Å². The number of amides is 1. The third kappa shape index (κ3) is 4.64. The number of hydrogen-bond donors (Lipinski definition) is 4. The Balaban J connectivity index is 3.69. The summed E-state index contributed by atoms with van der Waals surface area (Å²) in [4.78, 5) is 20.9. The van der Waals surface area contributed by atoms with Gasteiger partial charge in [0.2, 0.25) is 5.91 Å². The summed E-state index contributed by atoms with van der Waals surface area (Å²) in [6.07, 6.45) is -0.405. The van der Waals surface area contributed by atoms with Gasteiger partial charge in [-0.1, -0.05) is 0 Å². The second-order valence-corrected chi connectivity index (χ2v) is 2.22. The lowest BCUT2D eigenvalue weighted by Gasteiger charge is -2.08. The van der Waals surface area contributed by atoms with Crippen molar-refractivity contribution in [3.05, 3.63) is 0 Å². The molecular formula is C6H12N2O4. The molecule has 1 amide bonds. The maximum Gasteiger partial charge on any atom is 0.305 e. The molecule has 5 N–H and O–H groups in total. The number of aliphatic carboxylic acids is 1. The van der Waals surface area contributed by atoms with E-state index in [0.717, 1.165) is 0 Å². The summed E-state index contributed by atoms with van der Waals surface area (Å²) in [5, 5.41) is 18.8. The fourth-order valence-corrected chi connectivity index (χ4v) is 0.591. The molecule has 1 atom stereocenters. The van der Waals surface area contributed by atoms with Crippen LogP contribution in [0.3, 0.4) is 0 Å². The van der Waals surface area contributed by atoms with Crippen molar-refractivity contribution in [2.75, 3.05) is 13.2 Å². The second-order valence-electron chi connectivity index (χ2n) is 2.22. The molecule has 0 aliphatic rings. The molecule has 0 fully saturated rings. The largest absolute Gasteiger partial charge is 0.481 e. The van der Waals surface area contributed by atoms with E-state index in [0.29, 0.717) is 0 Å². The zero-order chi connectivity index (χ0) is 9.56. The SMILES string of the molecule is N[C@@H](CC(=O)O)C(=O)NCCO. The van der Waals surface area contributed by atoms with Gasteiger partial charge in [0, 0.05) is 6.54 Å². The first-order valence-electron chi connectivity index (χ1n) is 3.44. The van der Waals surface area contributed by atoms with E-state index in [1.165, 1.54) is 0 Å². The van der Waals surface area contributed by atoms with E-state index in [1.54, 1.807) is 0 Å². The number of nitrogens with two attached hydrogens (primary N) is 1. The lowest BCUT2D eigenvalue weighted by Crippen LogP contribution is -2.42. The summed E-state index contributed by atoms with van der Waals surface area (Å²) in [7, 11) is 0. The average Bonchev–Trinajstić information content (AvgIpc) is 1.98. The molecule has 0 bridgehead atoms. The van der Waals surface area contributed by atoms with Gasteiger partial charge in [-0.05, 0) is 0 Å². The van der Waals surface area contributed by atoms with Crippen molar-refractivity contribution in [3.8, 4) is 0 Å². The van der Waals surface area contributed by atoms with Gasteiger partial charge in [-0.3, -0.25) is 9.59 Å². The third-order valence-corrected chi connectivity index (χ3v) is 1.14. The van der Waals surface area contributed by atoms with Crippen molar-refractivity contribution in [1.29, 1.82) is 0 Å². The van der Waals surface area contributed by atoms with E-state index in [9.17, 15) is 9.59 Å². The molecule has 0 heterocycles. The molecular weight excluding hydrogens is 164 g/mol. The number of carboxylic acid groups (broad SMARTS) is 1. The van der Waals surface area contributed by atoms with E-state index < -0.39 is 24.3 Å². The van der Waals surface area contributed by atoms with Crippen LogP contribution >= 0.6 is 0 Å². The van der Waals surface area contributed by atoms with Crippen LogP contribution in [0.1, 0.15) is 6.42 Å². The van der Waals surface area contributed by atoms with Crippen molar-refractivity contribution >= 4 is 11.9 Å². The van der Waals surface area contributed by atoms with Crippen LogP contribution in [0.25, 0.3) is 0 Å². The monoisotopic (exact) mass is 176 g/mol. The highest BCUT2D eigenvalue weighted by Crippen LogP contribution is 1.87. The van der Waals surface area contributed by atoms with Crippen LogP contribution in [0.4, 0.5) is 0 Å². The van der Waals surface area contributed by atoms with E-state index >= 15 is 0 Å². The molecule has 70 valence electrons. The highest BCUT2D eigenvalue weighted by molar-refractivity contribution is 5.85. The standard InChI is InChI=1S/C6H12N2O4/c7-4(3-5(10)11)6(12)8-1-2-9/h4,9H,1-3,7H2,(H,8,12)(H,10,11)/t4-/m0/s1. The zero-order valence-electron chi connectivity index (χ0n) is 6.49. The molecule has 0 aliphatic heterocycles. The number of hydrogen-bond acceptors (Lipinski definition) is 4. The van der Waals surface area contributed by atoms with Gasteiger partial charge in [0.1, 0.15) is 0 Å². The first kappa shape index (κ1) is 10.9. The highest BCUT2D eigenvalue weighted by atomic mass is 16.4. The molecule has 6 nitrogen and oxygen atoms in total. The summed E-state index contributed by atoms with van der Waals surface area (Å²) >= 11 is 0. The molecule has 0 aromatic carbocycles. The van der Waals surface area contributed by atoms with Crippen LogP contribution in [0.5, 0.6) is 0 Å². The van der Waals surface area contributed by atoms with Crippen LogP contribution in [-0.2, 0) is 9.59 Å². The molecule has 0 aromatic heterocycles. The normalized spacial score (nSPS) is 12.2. The van der Waals surface area contributed by atoms with Gasteiger partial charge < -0.3 is 21.3 Å².